The predicted octanol–water partition coefficient (Wildman–Crippen LogP) is 2.40. The van der Waals surface area contributed by atoms with Gasteiger partial charge in [0.15, 0.2) is 0 Å². The third kappa shape index (κ3) is 3.24. The number of para-hydroxylation sites is 1. The average Bonchev–Trinajstić information content (AvgIpc) is 2.39. The Morgan fingerprint density at radius 2 is 2.00 bits per heavy atom. The smallest absolute Gasteiger partial charge is 0.322 e. The number of nitrogens with one attached hydrogen (secondary N) is 1. The van der Waals surface area contributed by atoms with Crippen LogP contribution in [0.15, 0.2) is 30.3 Å². The van der Waals surface area contributed by atoms with E-state index in [9.17, 15) is 9.59 Å². The lowest BCUT2D eigenvalue weighted by Crippen LogP contribution is -2.47. The molecule has 0 spiro atoms. The number of anilines is 1. The van der Waals surface area contributed by atoms with Gasteiger partial charge in [0.05, 0.1) is 5.92 Å². The first-order valence-corrected chi connectivity index (χ1v) is 6.43. The maximum absolute atomic E-state index is 12.1. The van der Waals surface area contributed by atoms with E-state index in [0.29, 0.717) is 19.4 Å². The van der Waals surface area contributed by atoms with Crippen LogP contribution in [0.5, 0.6) is 0 Å². The Labute approximate surface area is 112 Å². The maximum Gasteiger partial charge on any atom is 0.322 e. The van der Waals surface area contributed by atoms with Gasteiger partial charge < -0.3 is 15.3 Å². The first kappa shape index (κ1) is 13.4. The lowest BCUT2D eigenvalue weighted by molar-refractivity contribution is -0.143. The summed E-state index contributed by atoms with van der Waals surface area (Å²) in [7, 11) is 0. The third-order valence-corrected chi connectivity index (χ3v) is 3.51. The summed E-state index contributed by atoms with van der Waals surface area (Å²) >= 11 is 0. The molecule has 0 saturated carbocycles. The first-order chi connectivity index (χ1) is 9.08. The lowest BCUT2D eigenvalue weighted by atomic mass is 9.92. The fourth-order valence-electron chi connectivity index (χ4n) is 2.41. The van der Waals surface area contributed by atoms with Gasteiger partial charge in [-0.25, -0.2) is 4.79 Å². The summed E-state index contributed by atoms with van der Waals surface area (Å²) in [5.41, 5.74) is 0.750. The first-order valence-electron chi connectivity index (χ1n) is 6.43. The third-order valence-electron chi connectivity index (χ3n) is 3.51. The van der Waals surface area contributed by atoms with E-state index >= 15 is 0 Å². The predicted molar refractivity (Wildman–Crippen MR) is 72.0 cm³/mol. The molecule has 0 aromatic heterocycles. The standard InChI is InChI=1S/C14H18N2O3/c1-10-9-11(13(17)18)7-8-16(10)14(19)15-12-5-3-2-4-6-12/h2-6,10-11H,7-9H2,1H3,(H,15,19)(H,17,18). The van der Waals surface area contributed by atoms with Crippen molar-refractivity contribution in [3.63, 3.8) is 0 Å². The van der Waals surface area contributed by atoms with Gasteiger partial charge in [0.2, 0.25) is 0 Å². The van der Waals surface area contributed by atoms with Gasteiger partial charge >= 0.3 is 12.0 Å². The van der Waals surface area contributed by atoms with Gasteiger partial charge in [-0.2, -0.15) is 0 Å². The minimum Gasteiger partial charge on any atom is -0.481 e. The largest absolute Gasteiger partial charge is 0.481 e. The topological polar surface area (TPSA) is 69.6 Å². The molecule has 1 aliphatic heterocycles. The zero-order chi connectivity index (χ0) is 13.8. The van der Waals surface area contributed by atoms with Crippen LogP contribution in [-0.2, 0) is 4.79 Å². The van der Waals surface area contributed by atoms with E-state index in [2.05, 4.69) is 5.32 Å². The van der Waals surface area contributed by atoms with Gasteiger partial charge in [-0.3, -0.25) is 4.79 Å². The number of benzene rings is 1. The maximum atomic E-state index is 12.1. The second-order valence-electron chi connectivity index (χ2n) is 4.90. The van der Waals surface area contributed by atoms with Crippen LogP contribution in [-0.4, -0.2) is 34.6 Å². The molecule has 5 heteroatoms. The number of rotatable bonds is 2. The molecule has 2 amide bonds. The number of likely N-dealkylation sites (tertiary alicyclic amines) is 1. The summed E-state index contributed by atoms with van der Waals surface area (Å²) in [6.45, 7) is 2.37. The molecule has 1 aromatic rings. The van der Waals surface area contributed by atoms with Crippen molar-refractivity contribution in [2.45, 2.75) is 25.8 Å². The number of piperidine rings is 1. The zero-order valence-electron chi connectivity index (χ0n) is 10.9. The van der Waals surface area contributed by atoms with Gasteiger partial charge in [-0.1, -0.05) is 18.2 Å². The van der Waals surface area contributed by atoms with Crippen molar-refractivity contribution >= 4 is 17.7 Å². The highest BCUT2D eigenvalue weighted by Crippen LogP contribution is 2.23. The minimum absolute atomic E-state index is 0.0569. The van der Waals surface area contributed by atoms with Crippen molar-refractivity contribution in [3.05, 3.63) is 30.3 Å². The Kier molecular flexibility index (Phi) is 4.04. The van der Waals surface area contributed by atoms with Gasteiger partial charge in [-0.15, -0.1) is 0 Å². The monoisotopic (exact) mass is 262 g/mol. The summed E-state index contributed by atoms with van der Waals surface area (Å²) in [5.74, 6) is -1.11. The summed E-state index contributed by atoms with van der Waals surface area (Å²) in [4.78, 5) is 24.8. The number of carboxylic acids is 1. The Hall–Kier alpha value is -2.04. The van der Waals surface area contributed by atoms with Crippen molar-refractivity contribution < 1.29 is 14.7 Å². The van der Waals surface area contributed by atoms with Gasteiger partial charge in [-0.05, 0) is 31.9 Å². The summed E-state index contributed by atoms with van der Waals surface area (Å²) < 4.78 is 0. The van der Waals surface area contributed by atoms with E-state index in [-0.39, 0.29) is 18.0 Å². The number of carboxylic acid groups (broad SMARTS) is 1. The Balaban J connectivity index is 1.95. The van der Waals surface area contributed by atoms with E-state index in [1.807, 2.05) is 37.3 Å². The molecule has 0 bridgehead atoms. The van der Waals surface area contributed by atoms with Crippen LogP contribution < -0.4 is 5.32 Å². The summed E-state index contributed by atoms with van der Waals surface area (Å²) in [5, 5.41) is 11.8. The molecule has 1 aliphatic rings. The van der Waals surface area contributed by atoms with Crippen LogP contribution in [0.1, 0.15) is 19.8 Å². The minimum atomic E-state index is -0.769. The second-order valence-corrected chi connectivity index (χ2v) is 4.90. The molecule has 2 rings (SSSR count). The molecule has 1 fully saturated rings. The SMILES string of the molecule is CC1CC(C(=O)O)CCN1C(=O)Nc1ccccc1. The van der Waals surface area contributed by atoms with Crippen LogP contribution in [0, 0.1) is 5.92 Å². The Bertz CT molecular complexity index is 461. The van der Waals surface area contributed by atoms with Gasteiger partial charge in [0.1, 0.15) is 0 Å². The molecule has 2 N–H and O–H groups in total. The number of amides is 2. The van der Waals surface area contributed by atoms with Crippen LogP contribution in [0.25, 0.3) is 0 Å². The molecule has 19 heavy (non-hydrogen) atoms. The highest BCUT2D eigenvalue weighted by atomic mass is 16.4. The molecular weight excluding hydrogens is 244 g/mol. The molecule has 1 saturated heterocycles. The zero-order valence-corrected chi connectivity index (χ0v) is 10.9. The van der Waals surface area contributed by atoms with Crippen molar-refractivity contribution in [2.75, 3.05) is 11.9 Å². The van der Waals surface area contributed by atoms with Gasteiger partial charge in [0.25, 0.3) is 0 Å². The number of urea groups is 1. The van der Waals surface area contributed by atoms with Crippen molar-refractivity contribution in [1.82, 2.24) is 4.90 Å². The van der Waals surface area contributed by atoms with Crippen LogP contribution in [0.2, 0.25) is 0 Å². The highest BCUT2D eigenvalue weighted by Gasteiger charge is 2.32. The average molecular weight is 262 g/mol. The van der Waals surface area contributed by atoms with Crippen LogP contribution in [0.4, 0.5) is 10.5 Å². The molecular formula is C14H18N2O3. The van der Waals surface area contributed by atoms with E-state index in [1.54, 1.807) is 4.90 Å². The van der Waals surface area contributed by atoms with E-state index in [0.717, 1.165) is 5.69 Å². The highest BCUT2D eigenvalue weighted by molar-refractivity contribution is 5.89. The molecule has 0 aliphatic carbocycles. The Morgan fingerprint density at radius 3 is 2.58 bits per heavy atom. The van der Waals surface area contributed by atoms with E-state index in [1.165, 1.54) is 0 Å². The molecule has 1 aromatic carbocycles. The van der Waals surface area contributed by atoms with Crippen LogP contribution in [0.3, 0.4) is 0 Å². The fourth-order valence-corrected chi connectivity index (χ4v) is 2.41. The lowest BCUT2D eigenvalue weighted by Gasteiger charge is -2.36. The Morgan fingerprint density at radius 1 is 1.32 bits per heavy atom. The van der Waals surface area contributed by atoms with Gasteiger partial charge in [0, 0.05) is 18.3 Å². The van der Waals surface area contributed by atoms with Crippen LogP contribution >= 0.6 is 0 Å². The number of carbonyl (C=O) groups is 2. The number of hydrogen-bond donors (Lipinski definition) is 2. The number of carbonyl (C=O) groups excluding carboxylic acids is 1. The van der Waals surface area contributed by atoms with Crippen molar-refractivity contribution in [2.24, 2.45) is 5.92 Å². The number of aliphatic carboxylic acids is 1. The summed E-state index contributed by atoms with van der Waals surface area (Å²) in [6, 6.07) is 9.03. The molecule has 2 unspecified atom stereocenters. The number of hydrogen-bond acceptors (Lipinski definition) is 2. The van der Waals surface area contributed by atoms with Crippen molar-refractivity contribution in [3.8, 4) is 0 Å². The molecule has 0 radical (unpaired) electrons. The normalized spacial score (nSPS) is 22.9. The van der Waals surface area contributed by atoms with E-state index in [4.69, 9.17) is 5.11 Å². The molecule has 1 heterocycles. The quantitative estimate of drug-likeness (QED) is 0.859. The molecule has 102 valence electrons. The molecule has 2 atom stereocenters. The second kappa shape index (κ2) is 5.73. The van der Waals surface area contributed by atoms with E-state index < -0.39 is 5.97 Å². The number of nitrogens with zero attached hydrogens (tertiary/aromatic N) is 1. The van der Waals surface area contributed by atoms with Crippen molar-refractivity contribution in [1.29, 1.82) is 0 Å². The molecule has 5 nitrogen and oxygen atoms in total. The fraction of sp³-hybridized carbons (Fsp3) is 0.429. The summed E-state index contributed by atoms with van der Waals surface area (Å²) in [6.07, 6.45) is 1.03.